The smallest absolute Gasteiger partial charge is 0.163 e. The number of Topliss-reactive ketones (excluding diaryl/α,β-unsaturated/α-hetero) is 1. The molecule has 1 heterocycles. The third kappa shape index (κ3) is 2.31. The number of benzene rings is 1. The third-order valence-electron chi connectivity index (χ3n) is 4.51. The summed E-state index contributed by atoms with van der Waals surface area (Å²) in [5.74, 6) is 0.680. The maximum Gasteiger partial charge on any atom is 0.163 e. The predicted molar refractivity (Wildman–Crippen MR) is 83.9 cm³/mol. The molecule has 21 heavy (non-hydrogen) atoms. The highest BCUT2D eigenvalue weighted by atomic mass is 16.1. The average Bonchev–Trinajstić information content (AvgIpc) is 2.82. The fourth-order valence-electron chi connectivity index (χ4n) is 3.45. The Morgan fingerprint density at radius 2 is 2.05 bits per heavy atom. The molecule has 1 aromatic carbocycles. The fraction of sp³-hybridized carbons (Fsp3) is 0.444. The highest BCUT2D eigenvalue weighted by Crippen LogP contribution is 2.36. The van der Waals surface area contributed by atoms with Gasteiger partial charge < -0.3 is 0 Å². The summed E-state index contributed by atoms with van der Waals surface area (Å²) in [7, 11) is 0. The Morgan fingerprint density at radius 1 is 1.29 bits per heavy atom. The number of rotatable bonds is 5. The lowest BCUT2D eigenvalue weighted by Gasteiger charge is -2.30. The summed E-state index contributed by atoms with van der Waals surface area (Å²) < 4.78 is 2.08. The largest absolute Gasteiger partial charge is 0.294 e. The minimum atomic E-state index is 0.143. The number of ketones is 1. The van der Waals surface area contributed by atoms with E-state index >= 15 is 0 Å². The third-order valence-corrected chi connectivity index (χ3v) is 4.51. The number of aromatic nitrogens is 2. The van der Waals surface area contributed by atoms with Gasteiger partial charge >= 0.3 is 0 Å². The van der Waals surface area contributed by atoms with Crippen LogP contribution in [0.25, 0.3) is 0 Å². The van der Waals surface area contributed by atoms with E-state index in [0.717, 1.165) is 42.8 Å². The second-order valence-electron chi connectivity index (χ2n) is 5.81. The molecule has 3 rings (SSSR count). The fourth-order valence-corrected chi connectivity index (χ4v) is 3.45. The summed E-state index contributed by atoms with van der Waals surface area (Å²) in [4.78, 5) is 11.9. The Balaban J connectivity index is 1.92. The van der Waals surface area contributed by atoms with Crippen molar-refractivity contribution in [1.29, 1.82) is 0 Å². The molecule has 1 aliphatic rings. The van der Waals surface area contributed by atoms with Crippen molar-refractivity contribution in [3.63, 3.8) is 0 Å². The molecule has 0 amide bonds. The Kier molecular flexibility index (Phi) is 3.66. The Morgan fingerprint density at radius 3 is 2.67 bits per heavy atom. The minimum absolute atomic E-state index is 0.143. The first-order valence-electron chi connectivity index (χ1n) is 7.82. The van der Waals surface area contributed by atoms with Gasteiger partial charge in [0.25, 0.3) is 0 Å². The van der Waals surface area contributed by atoms with E-state index in [-0.39, 0.29) is 5.78 Å². The molecular formula is C18H22N2O. The maximum absolute atomic E-state index is 11.9. The Bertz CT molecular complexity index is 685. The summed E-state index contributed by atoms with van der Waals surface area (Å²) in [6, 6.07) is 8.62. The lowest BCUT2D eigenvalue weighted by atomic mass is 9.77. The molecule has 0 fully saturated rings. The molecule has 0 saturated heterocycles. The van der Waals surface area contributed by atoms with Crippen LogP contribution in [-0.2, 0) is 25.8 Å². The molecule has 2 aromatic rings. The highest BCUT2D eigenvalue weighted by Gasteiger charge is 2.28. The molecule has 110 valence electrons. The van der Waals surface area contributed by atoms with Crippen molar-refractivity contribution in [1.82, 2.24) is 9.78 Å². The van der Waals surface area contributed by atoms with Crippen LogP contribution in [0.15, 0.2) is 24.3 Å². The van der Waals surface area contributed by atoms with Gasteiger partial charge in [-0.05, 0) is 37.3 Å². The molecule has 3 nitrogen and oxygen atoms in total. The number of nitrogens with zero attached hydrogens (tertiary/aromatic N) is 2. The molecule has 3 heteroatoms. The van der Waals surface area contributed by atoms with Gasteiger partial charge in [-0.15, -0.1) is 0 Å². The van der Waals surface area contributed by atoms with Crippen molar-refractivity contribution in [2.75, 3.05) is 0 Å². The molecule has 0 saturated carbocycles. The van der Waals surface area contributed by atoms with E-state index in [2.05, 4.69) is 42.8 Å². The summed E-state index contributed by atoms with van der Waals surface area (Å²) in [5.41, 5.74) is 5.80. The molecule has 0 bridgehead atoms. The molecule has 1 aliphatic carbocycles. The first-order valence-corrected chi connectivity index (χ1v) is 7.82. The molecule has 0 radical (unpaired) electrons. The van der Waals surface area contributed by atoms with Crippen LogP contribution in [0.5, 0.6) is 0 Å². The summed E-state index contributed by atoms with van der Waals surface area (Å²) >= 11 is 0. The van der Waals surface area contributed by atoms with E-state index in [1.54, 1.807) is 6.92 Å². The maximum atomic E-state index is 11.9. The number of hydrogen-bond acceptors (Lipinski definition) is 2. The normalized spacial score (nSPS) is 16.4. The molecule has 1 aromatic heterocycles. The first-order chi connectivity index (χ1) is 10.2. The van der Waals surface area contributed by atoms with Crippen molar-refractivity contribution in [2.24, 2.45) is 0 Å². The minimum Gasteiger partial charge on any atom is -0.294 e. The van der Waals surface area contributed by atoms with Crippen molar-refractivity contribution >= 4 is 5.78 Å². The topological polar surface area (TPSA) is 34.9 Å². The summed E-state index contributed by atoms with van der Waals surface area (Å²) in [6.07, 6.45) is 2.79. The van der Waals surface area contributed by atoms with E-state index in [1.165, 1.54) is 11.1 Å². The summed E-state index contributed by atoms with van der Waals surface area (Å²) in [5, 5.41) is 4.71. The number of hydrogen-bond donors (Lipinski definition) is 0. The molecule has 0 spiro atoms. The average molecular weight is 282 g/mol. The van der Waals surface area contributed by atoms with E-state index < -0.39 is 0 Å². The second kappa shape index (κ2) is 5.47. The summed E-state index contributed by atoms with van der Waals surface area (Å²) in [6.45, 7) is 6.71. The van der Waals surface area contributed by atoms with Crippen LogP contribution in [0.1, 0.15) is 59.6 Å². The Hall–Kier alpha value is -1.90. The SMILES string of the molecule is CCc1nn(CC2Cc3ccccc32)c(CC)c1C(C)=O. The molecular weight excluding hydrogens is 260 g/mol. The molecule has 0 N–H and O–H groups in total. The van der Waals surface area contributed by atoms with Gasteiger partial charge in [-0.2, -0.15) is 5.10 Å². The highest BCUT2D eigenvalue weighted by molar-refractivity contribution is 5.96. The molecule has 0 aliphatic heterocycles. The zero-order chi connectivity index (χ0) is 15.0. The quantitative estimate of drug-likeness (QED) is 0.786. The van der Waals surface area contributed by atoms with E-state index in [4.69, 9.17) is 5.10 Å². The van der Waals surface area contributed by atoms with Crippen LogP contribution >= 0.6 is 0 Å². The number of carbonyl (C=O) groups excluding carboxylic acids is 1. The van der Waals surface area contributed by atoms with Gasteiger partial charge in [-0.1, -0.05) is 38.1 Å². The molecule has 1 unspecified atom stereocenters. The predicted octanol–water partition coefficient (Wildman–Crippen LogP) is 3.55. The van der Waals surface area contributed by atoms with Crippen LogP contribution < -0.4 is 0 Å². The van der Waals surface area contributed by atoms with Crippen LogP contribution in [0, 0.1) is 0 Å². The van der Waals surface area contributed by atoms with Crippen LogP contribution in [0.2, 0.25) is 0 Å². The number of fused-ring (bicyclic) bond motifs is 1. The number of carbonyl (C=O) groups is 1. The van der Waals surface area contributed by atoms with Crippen LogP contribution in [-0.4, -0.2) is 15.6 Å². The van der Waals surface area contributed by atoms with Crippen molar-refractivity contribution in [3.05, 3.63) is 52.3 Å². The zero-order valence-corrected chi connectivity index (χ0v) is 13.0. The van der Waals surface area contributed by atoms with Gasteiger partial charge in [0, 0.05) is 18.2 Å². The van der Waals surface area contributed by atoms with Crippen molar-refractivity contribution in [3.8, 4) is 0 Å². The van der Waals surface area contributed by atoms with Crippen LogP contribution in [0.3, 0.4) is 0 Å². The van der Waals surface area contributed by atoms with Crippen molar-refractivity contribution < 1.29 is 4.79 Å². The number of aryl methyl sites for hydroxylation is 1. The van der Waals surface area contributed by atoms with Crippen molar-refractivity contribution in [2.45, 2.75) is 52.5 Å². The lowest BCUT2D eigenvalue weighted by Crippen LogP contribution is -2.23. The van der Waals surface area contributed by atoms with E-state index in [0.29, 0.717) is 5.92 Å². The molecule has 1 atom stereocenters. The van der Waals surface area contributed by atoms with Gasteiger partial charge in [0.15, 0.2) is 5.78 Å². The lowest BCUT2D eigenvalue weighted by molar-refractivity contribution is 0.101. The van der Waals surface area contributed by atoms with Gasteiger partial charge in [-0.25, -0.2) is 0 Å². The standard InChI is InChI=1S/C18H22N2O/c1-4-16-18(12(3)21)17(5-2)20(19-16)11-14-10-13-8-6-7-9-15(13)14/h6-9,14H,4-5,10-11H2,1-3H3. The van der Waals surface area contributed by atoms with Gasteiger partial charge in [0.05, 0.1) is 11.3 Å². The first kappa shape index (κ1) is 14.1. The van der Waals surface area contributed by atoms with E-state index in [9.17, 15) is 4.79 Å². The Labute approximate surface area is 126 Å². The van der Waals surface area contributed by atoms with Gasteiger partial charge in [0.2, 0.25) is 0 Å². The van der Waals surface area contributed by atoms with E-state index in [1.807, 2.05) is 0 Å². The monoisotopic (exact) mass is 282 g/mol. The van der Waals surface area contributed by atoms with Crippen LogP contribution in [0.4, 0.5) is 0 Å². The van der Waals surface area contributed by atoms with Gasteiger partial charge in [-0.3, -0.25) is 9.48 Å². The van der Waals surface area contributed by atoms with Gasteiger partial charge in [0.1, 0.15) is 0 Å². The second-order valence-corrected chi connectivity index (χ2v) is 5.81. The zero-order valence-electron chi connectivity index (χ0n) is 13.0.